The highest BCUT2D eigenvalue weighted by Gasteiger charge is 2.48. The van der Waals surface area contributed by atoms with Gasteiger partial charge in [-0.1, -0.05) is 6.07 Å². The minimum atomic E-state index is -4.65. The minimum absolute atomic E-state index is 0.108. The molecule has 0 aliphatic carbocycles. The molecule has 0 spiro atoms. The van der Waals surface area contributed by atoms with E-state index in [-0.39, 0.29) is 22.6 Å². The van der Waals surface area contributed by atoms with Crippen molar-refractivity contribution in [1.29, 1.82) is 0 Å². The number of benzene rings is 2. The number of amides is 1. The molecule has 0 saturated carbocycles. The molecule has 6 nitrogen and oxygen atoms in total. The molecule has 4 rings (SSSR count). The second kappa shape index (κ2) is 7.92. The van der Waals surface area contributed by atoms with Crippen LogP contribution in [0.4, 0.5) is 18.9 Å². The van der Waals surface area contributed by atoms with Crippen molar-refractivity contribution in [3.63, 3.8) is 0 Å². The molecule has 2 aromatic carbocycles. The first-order valence-corrected chi connectivity index (χ1v) is 9.38. The van der Waals surface area contributed by atoms with E-state index in [0.29, 0.717) is 5.75 Å². The number of hydrogen-bond acceptors (Lipinski definition) is 5. The SMILES string of the molecule is COc1ccc(/C(O)=C2/C(=O)C(=O)N(c3cccc(C(F)(F)F)c3)C2c2ccco2)cc1. The summed E-state index contributed by atoms with van der Waals surface area (Å²) in [5, 5.41) is 10.9. The van der Waals surface area contributed by atoms with Gasteiger partial charge in [-0.05, 0) is 54.6 Å². The third-order valence-corrected chi connectivity index (χ3v) is 5.07. The van der Waals surface area contributed by atoms with Gasteiger partial charge in [0.2, 0.25) is 0 Å². The monoisotopic (exact) mass is 443 g/mol. The zero-order valence-corrected chi connectivity index (χ0v) is 16.6. The number of carbonyl (C=O) groups excluding carboxylic acids is 2. The number of aliphatic hydroxyl groups is 1. The molecular weight excluding hydrogens is 427 g/mol. The van der Waals surface area contributed by atoms with Crippen LogP contribution in [-0.4, -0.2) is 23.9 Å². The van der Waals surface area contributed by atoms with E-state index >= 15 is 0 Å². The molecule has 9 heteroatoms. The number of halogens is 3. The molecular formula is C23H16F3NO5. The number of rotatable bonds is 4. The van der Waals surface area contributed by atoms with Crippen LogP contribution in [0.5, 0.6) is 5.75 Å². The number of hydrogen-bond donors (Lipinski definition) is 1. The Hall–Kier alpha value is -4.01. The van der Waals surface area contributed by atoms with E-state index in [9.17, 15) is 27.9 Å². The Morgan fingerprint density at radius 1 is 1.06 bits per heavy atom. The summed E-state index contributed by atoms with van der Waals surface area (Å²) in [5.41, 5.74) is -1.21. The first kappa shape index (κ1) is 21.2. The number of nitrogens with zero attached hydrogens (tertiary/aromatic N) is 1. The summed E-state index contributed by atoms with van der Waals surface area (Å²) in [4.78, 5) is 26.7. The summed E-state index contributed by atoms with van der Waals surface area (Å²) in [5.74, 6) is -2.00. The summed E-state index contributed by atoms with van der Waals surface area (Å²) in [6.07, 6.45) is -3.35. The fourth-order valence-corrected chi connectivity index (χ4v) is 3.55. The molecule has 1 amide bonds. The lowest BCUT2D eigenvalue weighted by Crippen LogP contribution is -2.29. The average Bonchev–Trinajstić information content (AvgIpc) is 3.40. The number of ether oxygens (including phenoxy) is 1. The molecule has 1 unspecified atom stereocenters. The van der Waals surface area contributed by atoms with E-state index < -0.39 is 35.2 Å². The maximum atomic E-state index is 13.2. The van der Waals surface area contributed by atoms with Crippen molar-refractivity contribution in [3.8, 4) is 5.75 Å². The van der Waals surface area contributed by atoms with Crippen LogP contribution in [0.25, 0.3) is 5.76 Å². The van der Waals surface area contributed by atoms with Gasteiger partial charge < -0.3 is 14.3 Å². The Balaban J connectivity index is 1.89. The predicted molar refractivity (Wildman–Crippen MR) is 108 cm³/mol. The highest BCUT2D eigenvalue weighted by atomic mass is 19.4. The number of furan rings is 1. The molecule has 1 aliphatic rings. The Labute approximate surface area is 180 Å². The lowest BCUT2D eigenvalue weighted by molar-refractivity contribution is -0.137. The molecule has 1 saturated heterocycles. The number of Topliss-reactive ketones (excluding diaryl/α,β-unsaturated/α-hetero) is 1. The second-order valence-corrected chi connectivity index (χ2v) is 6.96. The largest absolute Gasteiger partial charge is 0.507 e. The number of carbonyl (C=O) groups is 2. The summed E-state index contributed by atoms with van der Waals surface area (Å²) in [6.45, 7) is 0. The van der Waals surface area contributed by atoms with Gasteiger partial charge in [0.05, 0.1) is 24.5 Å². The molecule has 0 radical (unpaired) electrons. The molecule has 0 bridgehead atoms. The van der Waals surface area contributed by atoms with Gasteiger partial charge in [0.25, 0.3) is 11.7 Å². The van der Waals surface area contributed by atoms with Crippen molar-refractivity contribution in [2.75, 3.05) is 12.0 Å². The Morgan fingerprint density at radius 3 is 2.38 bits per heavy atom. The third kappa shape index (κ3) is 3.62. The van der Waals surface area contributed by atoms with E-state index in [1.54, 1.807) is 12.1 Å². The van der Waals surface area contributed by atoms with Gasteiger partial charge >= 0.3 is 6.18 Å². The zero-order valence-electron chi connectivity index (χ0n) is 16.6. The number of ketones is 1. The summed E-state index contributed by atoms with van der Waals surface area (Å²) < 4.78 is 50.2. The first-order chi connectivity index (χ1) is 15.2. The van der Waals surface area contributed by atoms with Crippen LogP contribution < -0.4 is 9.64 Å². The first-order valence-electron chi connectivity index (χ1n) is 9.38. The smallest absolute Gasteiger partial charge is 0.416 e. The lowest BCUT2D eigenvalue weighted by Gasteiger charge is -2.24. The molecule has 1 aliphatic heterocycles. The van der Waals surface area contributed by atoms with E-state index in [0.717, 1.165) is 23.1 Å². The minimum Gasteiger partial charge on any atom is -0.507 e. The van der Waals surface area contributed by atoms with Crippen LogP contribution in [0.2, 0.25) is 0 Å². The number of aliphatic hydroxyl groups excluding tert-OH is 1. The van der Waals surface area contributed by atoms with Gasteiger partial charge in [0.1, 0.15) is 23.3 Å². The molecule has 1 atom stereocenters. The molecule has 1 N–H and O–H groups in total. The van der Waals surface area contributed by atoms with Crippen molar-refractivity contribution >= 4 is 23.1 Å². The highest BCUT2D eigenvalue weighted by molar-refractivity contribution is 6.51. The van der Waals surface area contributed by atoms with Crippen LogP contribution in [0.3, 0.4) is 0 Å². The number of anilines is 1. The van der Waals surface area contributed by atoms with Gasteiger partial charge in [-0.3, -0.25) is 14.5 Å². The van der Waals surface area contributed by atoms with Crippen molar-refractivity contribution in [2.24, 2.45) is 0 Å². The van der Waals surface area contributed by atoms with Gasteiger partial charge in [-0.25, -0.2) is 0 Å². The van der Waals surface area contributed by atoms with Crippen LogP contribution in [-0.2, 0) is 15.8 Å². The van der Waals surface area contributed by atoms with Crippen LogP contribution >= 0.6 is 0 Å². The normalized spacial score (nSPS) is 18.2. The quantitative estimate of drug-likeness (QED) is 0.351. The van der Waals surface area contributed by atoms with Crippen LogP contribution in [0, 0.1) is 0 Å². The van der Waals surface area contributed by atoms with Crippen molar-refractivity contribution in [2.45, 2.75) is 12.2 Å². The predicted octanol–water partition coefficient (Wildman–Crippen LogP) is 4.93. The van der Waals surface area contributed by atoms with Gasteiger partial charge in [0.15, 0.2) is 0 Å². The van der Waals surface area contributed by atoms with Crippen molar-refractivity contribution in [3.05, 3.63) is 89.4 Å². The second-order valence-electron chi connectivity index (χ2n) is 6.96. The maximum Gasteiger partial charge on any atom is 0.416 e. The van der Waals surface area contributed by atoms with E-state index in [4.69, 9.17) is 9.15 Å². The standard InChI is InChI=1S/C23H16F3NO5/c1-31-16-9-7-13(8-10-16)20(28)18-19(17-6-3-11-32-17)27(22(30)21(18)29)15-5-2-4-14(12-15)23(24,25)26/h2-12,19,28H,1H3/b20-18-. The van der Waals surface area contributed by atoms with Crippen molar-refractivity contribution in [1.82, 2.24) is 0 Å². The molecule has 2 heterocycles. The summed E-state index contributed by atoms with van der Waals surface area (Å²) in [7, 11) is 1.46. The fraction of sp³-hybridized carbons (Fsp3) is 0.130. The Bertz CT molecular complexity index is 1200. The van der Waals surface area contributed by atoms with E-state index in [1.807, 2.05) is 0 Å². The fourth-order valence-electron chi connectivity index (χ4n) is 3.55. The molecule has 1 fully saturated rings. The van der Waals surface area contributed by atoms with Gasteiger partial charge in [0, 0.05) is 11.3 Å². The Morgan fingerprint density at radius 2 is 1.78 bits per heavy atom. The topological polar surface area (TPSA) is 80.0 Å². The lowest BCUT2D eigenvalue weighted by atomic mass is 9.99. The number of alkyl halides is 3. The summed E-state index contributed by atoms with van der Waals surface area (Å²) in [6, 6.07) is 11.9. The zero-order chi connectivity index (χ0) is 23.0. The molecule has 164 valence electrons. The van der Waals surface area contributed by atoms with Gasteiger partial charge in [-0.15, -0.1) is 0 Å². The molecule has 32 heavy (non-hydrogen) atoms. The summed E-state index contributed by atoms with van der Waals surface area (Å²) >= 11 is 0. The average molecular weight is 443 g/mol. The van der Waals surface area contributed by atoms with E-state index in [1.165, 1.54) is 43.7 Å². The highest BCUT2D eigenvalue weighted by Crippen LogP contribution is 2.43. The molecule has 1 aromatic heterocycles. The van der Waals surface area contributed by atoms with Crippen molar-refractivity contribution < 1.29 is 37.0 Å². The number of methoxy groups -OCH3 is 1. The third-order valence-electron chi connectivity index (χ3n) is 5.07. The Kier molecular flexibility index (Phi) is 5.25. The van der Waals surface area contributed by atoms with Crippen LogP contribution in [0.15, 0.2) is 76.9 Å². The molecule has 3 aromatic rings. The van der Waals surface area contributed by atoms with Gasteiger partial charge in [-0.2, -0.15) is 13.2 Å². The van der Waals surface area contributed by atoms with E-state index in [2.05, 4.69) is 0 Å². The maximum absolute atomic E-state index is 13.2. The van der Waals surface area contributed by atoms with Crippen LogP contribution in [0.1, 0.15) is 22.9 Å².